The van der Waals surface area contributed by atoms with Gasteiger partial charge in [0.1, 0.15) is 11.6 Å². The third-order valence-corrected chi connectivity index (χ3v) is 3.84. The van der Waals surface area contributed by atoms with Gasteiger partial charge in [-0.2, -0.15) is 0 Å². The molecule has 0 spiro atoms. The van der Waals surface area contributed by atoms with E-state index in [-0.39, 0.29) is 17.4 Å². The highest BCUT2D eigenvalue weighted by Crippen LogP contribution is 2.33. The first-order chi connectivity index (χ1) is 8.46. The van der Waals surface area contributed by atoms with Crippen molar-refractivity contribution in [3.63, 3.8) is 0 Å². The summed E-state index contributed by atoms with van der Waals surface area (Å²) in [6, 6.07) is 9.95. The van der Waals surface area contributed by atoms with Crippen molar-refractivity contribution >= 4 is 17.7 Å². The standard InChI is InChI=1S/C14H19NO2S/c1-14(2,3)17-13(16)11-9-18-12(15-11)10-7-5-4-6-8-10/h4-8,11-12,15H,9H2,1-3H3/t11-,12?/m0/s1. The predicted octanol–water partition coefficient (Wildman–Crippen LogP) is 2.73. The van der Waals surface area contributed by atoms with Gasteiger partial charge in [-0.05, 0) is 26.3 Å². The summed E-state index contributed by atoms with van der Waals surface area (Å²) in [5, 5.41) is 3.50. The summed E-state index contributed by atoms with van der Waals surface area (Å²) in [6.07, 6.45) is 0. The SMILES string of the molecule is CC(C)(C)OC(=O)[C@@H]1CSC(c2ccccc2)N1. The van der Waals surface area contributed by atoms with Crippen LogP contribution in [0.3, 0.4) is 0 Å². The summed E-state index contributed by atoms with van der Waals surface area (Å²) in [5.74, 6) is 0.600. The summed E-state index contributed by atoms with van der Waals surface area (Å²) < 4.78 is 5.39. The molecule has 1 saturated heterocycles. The molecule has 1 heterocycles. The molecule has 1 unspecified atom stereocenters. The van der Waals surface area contributed by atoms with Crippen molar-refractivity contribution < 1.29 is 9.53 Å². The second-order valence-corrected chi connectivity index (χ2v) is 6.51. The molecule has 0 radical (unpaired) electrons. The van der Waals surface area contributed by atoms with Crippen LogP contribution in [0.5, 0.6) is 0 Å². The highest BCUT2D eigenvalue weighted by atomic mass is 32.2. The van der Waals surface area contributed by atoms with Crippen LogP contribution in [0, 0.1) is 0 Å². The van der Waals surface area contributed by atoms with Gasteiger partial charge in [0.15, 0.2) is 0 Å². The first-order valence-electron chi connectivity index (χ1n) is 6.11. The van der Waals surface area contributed by atoms with E-state index in [9.17, 15) is 4.79 Å². The second-order valence-electron chi connectivity index (χ2n) is 5.38. The summed E-state index contributed by atoms with van der Waals surface area (Å²) in [4.78, 5) is 11.9. The second kappa shape index (κ2) is 5.33. The fourth-order valence-electron chi connectivity index (χ4n) is 1.80. The molecule has 0 bridgehead atoms. The van der Waals surface area contributed by atoms with Gasteiger partial charge in [-0.15, -0.1) is 11.8 Å². The lowest BCUT2D eigenvalue weighted by Crippen LogP contribution is -2.39. The van der Waals surface area contributed by atoms with Crippen LogP contribution >= 0.6 is 11.8 Å². The monoisotopic (exact) mass is 265 g/mol. The summed E-state index contributed by atoms with van der Waals surface area (Å²) in [7, 11) is 0. The van der Waals surface area contributed by atoms with Crippen LogP contribution in [0.1, 0.15) is 31.7 Å². The van der Waals surface area contributed by atoms with Crippen molar-refractivity contribution in [1.82, 2.24) is 5.32 Å². The zero-order valence-corrected chi connectivity index (χ0v) is 11.8. The number of nitrogens with one attached hydrogen (secondary N) is 1. The molecule has 18 heavy (non-hydrogen) atoms. The van der Waals surface area contributed by atoms with Gasteiger partial charge in [0, 0.05) is 5.75 Å². The molecule has 0 amide bonds. The highest BCUT2D eigenvalue weighted by Gasteiger charge is 2.33. The number of thioether (sulfide) groups is 1. The van der Waals surface area contributed by atoms with E-state index in [0.717, 1.165) is 5.75 Å². The van der Waals surface area contributed by atoms with Crippen molar-refractivity contribution in [2.45, 2.75) is 37.8 Å². The van der Waals surface area contributed by atoms with Crippen molar-refractivity contribution in [1.29, 1.82) is 0 Å². The Morgan fingerprint density at radius 3 is 2.61 bits per heavy atom. The van der Waals surface area contributed by atoms with Gasteiger partial charge in [-0.1, -0.05) is 30.3 Å². The molecule has 3 nitrogen and oxygen atoms in total. The molecule has 2 atom stereocenters. The third kappa shape index (κ3) is 3.50. The minimum atomic E-state index is -0.422. The lowest BCUT2D eigenvalue weighted by molar-refractivity contribution is -0.156. The number of hydrogen-bond donors (Lipinski definition) is 1. The Morgan fingerprint density at radius 1 is 1.33 bits per heavy atom. The minimum Gasteiger partial charge on any atom is -0.459 e. The van der Waals surface area contributed by atoms with E-state index in [4.69, 9.17) is 4.74 Å². The Morgan fingerprint density at radius 2 is 2.00 bits per heavy atom. The number of hydrogen-bond acceptors (Lipinski definition) is 4. The fraction of sp³-hybridized carbons (Fsp3) is 0.500. The average molecular weight is 265 g/mol. The maximum atomic E-state index is 11.9. The first kappa shape index (κ1) is 13.4. The van der Waals surface area contributed by atoms with Crippen molar-refractivity contribution in [2.24, 2.45) is 0 Å². The summed E-state index contributed by atoms with van der Waals surface area (Å²) >= 11 is 1.75. The number of rotatable bonds is 2. The van der Waals surface area contributed by atoms with Crippen molar-refractivity contribution in [2.75, 3.05) is 5.75 Å². The Balaban J connectivity index is 1.95. The van der Waals surface area contributed by atoms with Crippen LogP contribution in [-0.2, 0) is 9.53 Å². The molecule has 1 aliphatic heterocycles. The average Bonchev–Trinajstić information content (AvgIpc) is 2.77. The lowest BCUT2D eigenvalue weighted by atomic mass is 10.2. The zero-order chi connectivity index (χ0) is 13.2. The van der Waals surface area contributed by atoms with E-state index in [2.05, 4.69) is 17.4 Å². The first-order valence-corrected chi connectivity index (χ1v) is 7.16. The predicted molar refractivity (Wildman–Crippen MR) is 74.4 cm³/mol. The highest BCUT2D eigenvalue weighted by molar-refractivity contribution is 7.99. The number of ether oxygens (including phenoxy) is 1. The van der Waals surface area contributed by atoms with E-state index in [1.165, 1.54) is 5.56 Å². The Hall–Kier alpha value is -1.00. The summed E-state index contributed by atoms with van der Waals surface area (Å²) in [6.45, 7) is 5.67. The van der Waals surface area contributed by atoms with Crippen LogP contribution in [0.2, 0.25) is 0 Å². The Labute approximate surface area is 112 Å². The molecule has 2 rings (SSSR count). The quantitative estimate of drug-likeness (QED) is 0.834. The van der Waals surface area contributed by atoms with Crippen LogP contribution in [0.15, 0.2) is 30.3 Å². The molecule has 98 valence electrons. The largest absolute Gasteiger partial charge is 0.459 e. The van der Waals surface area contributed by atoms with Crippen molar-refractivity contribution in [3.05, 3.63) is 35.9 Å². The molecule has 1 fully saturated rings. The molecule has 4 heteroatoms. The van der Waals surface area contributed by atoms with E-state index in [0.29, 0.717) is 0 Å². The van der Waals surface area contributed by atoms with Crippen LogP contribution in [0.4, 0.5) is 0 Å². The van der Waals surface area contributed by atoms with Gasteiger partial charge >= 0.3 is 5.97 Å². The van der Waals surface area contributed by atoms with Gasteiger partial charge in [0.25, 0.3) is 0 Å². The number of benzene rings is 1. The molecule has 0 aromatic heterocycles. The molecule has 1 aromatic carbocycles. The van der Waals surface area contributed by atoms with Crippen molar-refractivity contribution in [3.8, 4) is 0 Å². The topological polar surface area (TPSA) is 38.3 Å². The molecule has 1 aliphatic rings. The lowest BCUT2D eigenvalue weighted by Gasteiger charge is -2.22. The molecule has 0 saturated carbocycles. The van der Waals surface area contributed by atoms with E-state index >= 15 is 0 Å². The Bertz CT molecular complexity index is 414. The van der Waals surface area contributed by atoms with Crippen LogP contribution < -0.4 is 5.32 Å². The number of carbonyl (C=O) groups is 1. The van der Waals surface area contributed by atoms with E-state index in [1.807, 2.05) is 39.0 Å². The molecular weight excluding hydrogens is 246 g/mol. The molecule has 1 aromatic rings. The van der Waals surface area contributed by atoms with E-state index < -0.39 is 5.60 Å². The fourth-order valence-corrected chi connectivity index (χ4v) is 3.03. The number of carbonyl (C=O) groups excluding carboxylic acids is 1. The number of esters is 1. The van der Waals surface area contributed by atoms with Crippen LogP contribution in [-0.4, -0.2) is 23.4 Å². The van der Waals surface area contributed by atoms with Gasteiger partial charge in [-0.25, -0.2) is 0 Å². The molecule has 1 N–H and O–H groups in total. The third-order valence-electron chi connectivity index (χ3n) is 2.58. The normalized spacial score (nSPS) is 23.9. The maximum Gasteiger partial charge on any atom is 0.324 e. The van der Waals surface area contributed by atoms with Gasteiger partial charge in [0.05, 0.1) is 5.37 Å². The zero-order valence-electron chi connectivity index (χ0n) is 11.0. The smallest absolute Gasteiger partial charge is 0.324 e. The van der Waals surface area contributed by atoms with Gasteiger partial charge < -0.3 is 4.74 Å². The molecular formula is C14H19NO2S. The molecule has 0 aliphatic carbocycles. The van der Waals surface area contributed by atoms with Gasteiger partial charge in [-0.3, -0.25) is 10.1 Å². The van der Waals surface area contributed by atoms with E-state index in [1.54, 1.807) is 11.8 Å². The summed E-state index contributed by atoms with van der Waals surface area (Å²) in [5.41, 5.74) is 0.780. The maximum absolute atomic E-state index is 11.9. The Kier molecular flexibility index (Phi) is 3.97. The van der Waals surface area contributed by atoms with Crippen LogP contribution in [0.25, 0.3) is 0 Å². The minimum absolute atomic E-state index is 0.159. The van der Waals surface area contributed by atoms with Gasteiger partial charge in [0.2, 0.25) is 0 Å².